The molecule has 1 N–H and O–H groups in total. The largest absolute Gasteiger partial charge is 0.495 e. The maximum atomic E-state index is 12.7. The van der Waals surface area contributed by atoms with Crippen LogP contribution in [-0.2, 0) is 9.59 Å². The van der Waals surface area contributed by atoms with Crippen molar-refractivity contribution in [2.45, 2.75) is 13.0 Å². The summed E-state index contributed by atoms with van der Waals surface area (Å²) in [5, 5.41) is 11.0. The maximum Gasteiger partial charge on any atom is 0.258 e. The Labute approximate surface area is 189 Å². The number of benzene rings is 2. The van der Waals surface area contributed by atoms with Crippen LogP contribution >= 0.6 is 23.2 Å². The lowest BCUT2D eigenvalue weighted by Gasteiger charge is -2.15. The normalized spacial score (nSPS) is 11.7. The number of nitrogens with zero attached hydrogens (tertiary/aromatic N) is 2. The van der Waals surface area contributed by atoms with Crippen molar-refractivity contribution >= 4 is 46.3 Å². The predicted molar refractivity (Wildman–Crippen MR) is 117 cm³/mol. The Hall–Kier alpha value is -3.04. The van der Waals surface area contributed by atoms with E-state index in [1.54, 1.807) is 0 Å². The van der Waals surface area contributed by atoms with Gasteiger partial charge in [0.2, 0.25) is 6.04 Å². The number of nitrogens with one attached hydrogen (secondary N) is 1. The number of Topliss-reactive ketones (excluding diaryl/α,β-unsaturated/α-hetero) is 1. The molecule has 0 radical (unpaired) electrons. The number of rotatable bonds is 9. The molecule has 0 fully saturated rings. The number of ether oxygens (including phenoxy) is 4. The van der Waals surface area contributed by atoms with Gasteiger partial charge in [-0.3, -0.25) is 9.59 Å². The molecule has 2 aromatic carbocycles. The van der Waals surface area contributed by atoms with Crippen molar-refractivity contribution in [3.8, 4) is 23.0 Å². The van der Waals surface area contributed by atoms with E-state index >= 15 is 0 Å². The third-order valence-electron chi connectivity index (χ3n) is 4.07. The summed E-state index contributed by atoms with van der Waals surface area (Å²) in [5.41, 5.74) is 0.525. The van der Waals surface area contributed by atoms with Crippen molar-refractivity contribution in [3.63, 3.8) is 0 Å². The second kappa shape index (κ2) is 10.8. The molecule has 166 valence electrons. The summed E-state index contributed by atoms with van der Waals surface area (Å²) in [6.45, 7) is 1.23. The van der Waals surface area contributed by atoms with E-state index in [0.29, 0.717) is 22.3 Å². The van der Waals surface area contributed by atoms with E-state index in [0.717, 1.165) is 0 Å². The molecule has 0 heterocycles. The molecular formula is C20H21Cl2N3O6. The molecule has 11 heteroatoms. The molecule has 0 bridgehead atoms. The second-order valence-electron chi connectivity index (χ2n) is 6.07. The Bertz CT molecular complexity index is 1010. The molecule has 0 saturated carbocycles. The van der Waals surface area contributed by atoms with Crippen LogP contribution < -0.4 is 24.3 Å². The number of carbonyl (C=O) groups is 2. The van der Waals surface area contributed by atoms with E-state index < -0.39 is 17.7 Å². The Kier molecular flexibility index (Phi) is 8.47. The molecule has 9 nitrogen and oxygen atoms in total. The average molecular weight is 470 g/mol. The Morgan fingerprint density at radius 3 is 2.06 bits per heavy atom. The molecule has 1 amide bonds. The number of amides is 1. The average Bonchev–Trinajstić information content (AvgIpc) is 2.73. The van der Waals surface area contributed by atoms with Gasteiger partial charge in [-0.15, -0.1) is 0 Å². The first-order valence-corrected chi connectivity index (χ1v) is 9.56. The first-order valence-electron chi connectivity index (χ1n) is 8.80. The van der Waals surface area contributed by atoms with Crippen molar-refractivity contribution in [3.05, 3.63) is 34.3 Å². The van der Waals surface area contributed by atoms with Gasteiger partial charge in [0.15, 0.2) is 17.3 Å². The highest BCUT2D eigenvalue weighted by Crippen LogP contribution is 2.39. The van der Waals surface area contributed by atoms with Gasteiger partial charge in [0.05, 0.1) is 49.9 Å². The molecule has 0 aliphatic rings. The molecule has 0 saturated heterocycles. The monoisotopic (exact) mass is 469 g/mol. The maximum absolute atomic E-state index is 12.7. The van der Waals surface area contributed by atoms with Crippen LogP contribution in [0.2, 0.25) is 10.0 Å². The summed E-state index contributed by atoms with van der Waals surface area (Å²) in [6, 6.07) is 4.51. The van der Waals surface area contributed by atoms with E-state index in [1.165, 1.54) is 59.6 Å². The van der Waals surface area contributed by atoms with Gasteiger partial charge >= 0.3 is 0 Å². The Morgan fingerprint density at radius 2 is 1.52 bits per heavy atom. The minimum absolute atomic E-state index is 0.234. The fraction of sp³-hybridized carbons (Fsp3) is 0.300. The fourth-order valence-corrected chi connectivity index (χ4v) is 3.08. The summed E-state index contributed by atoms with van der Waals surface area (Å²) in [4.78, 5) is 24.8. The fourth-order valence-electron chi connectivity index (χ4n) is 2.56. The second-order valence-corrected chi connectivity index (χ2v) is 6.88. The molecule has 0 spiro atoms. The van der Waals surface area contributed by atoms with Gasteiger partial charge in [-0.05, 0) is 13.0 Å². The zero-order chi connectivity index (χ0) is 23.1. The first kappa shape index (κ1) is 24.2. The number of hydrogen-bond donors (Lipinski definition) is 1. The van der Waals surface area contributed by atoms with Crippen molar-refractivity contribution in [2.24, 2.45) is 10.2 Å². The molecule has 31 heavy (non-hydrogen) atoms. The molecule has 0 aliphatic heterocycles. The lowest BCUT2D eigenvalue weighted by Crippen LogP contribution is -2.32. The molecule has 2 aromatic rings. The van der Waals surface area contributed by atoms with Crippen molar-refractivity contribution in [2.75, 3.05) is 33.8 Å². The smallest absolute Gasteiger partial charge is 0.258 e. The van der Waals surface area contributed by atoms with Crippen LogP contribution in [0.25, 0.3) is 0 Å². The first-order chi connectivity index (χ1) is 14.7. The summed E-state index contributed by atoms with van der Waals surface area (Å²) in [6.07, 6.45) is 0. The number of ketones is 1. The molecule has 2 rings (SSSR count). The highest BCUT2D eigenvalue weighted by atomic mass is 35.5. The van der Waals surface area contributed by atoms with Crippen LogP contribution in [0.5, 0.6) is 23.0 Å². The van der Waals surface area contributed by atoms with Gasteiger partial charge in [0.25, 0.3) is 5.91 Å². The van der Waals surface area contributed by atoms with Gasteiger partial charge in [-0.25, -0.2) is 0 Å². The van der Waals surface area contributed by atoms with E-state index in [9.17, 15) is 9.59 Å². The van der Waals surface area contributed by atoms with Crippen LogP contribution in [0, 0.1) is 0 Å². The lowest BCUT2D eigenvalue weighted by molar-refractivity contribution is -0.126. The van der Waals surface area contributed by atoms with Crippen molar-refractivity contribution < 1.29 is 28.5 Å². The van der Waals surface area contributed by atoms with Gasteiger partial charge in [0, 0.05) is 18.2 Å². The number of methoxy groups -OCH3 is 4. The Balaban J connectivity index is 2.32. The molecular weight excluding hydrogens is 449 g/mol. The van der Waals surface area contributed by atoms with Crippen LogP contribution in [0.4, 0.5) is 11.4 Å². The van der Waals surface area contributed by atoms with Crippen molar-refractivity contribution in [1.29, 1.82) is 0 Å². The molecule has 1 unspecified atom stereocenters. The van der Waals surface area contributed by atoms with E-state index in [4.69, 9.17) is 42.1 Å². The van der Waals surface area contributed by atoms with E-state index in [-0.39, 0.29) is 22.1 Å². The number of azo groups is 1. The van der Waals surface area contributed by atoms with Crippen LogP contribution in [0.3, 0.4) is 0 Å². The van der Waals surface area contributed by atoms with Gasteiger partial charge in [-0.1, -0.05) is 23.2 Å². The summed E-state index contributed by atoms with van der Waals surface area (Å²) < 4.78 is 20.7. The van der Waals surface area contributed by atoms with Crippen LogP contribution in [-0.4, -0.2) is 46.2 Å². The standard InChI is InChI=1S/C20H21Cl2N3O6/c1-10(26)18(25-24-11-6-13(22)19(31-5)17(7-11)30-4)20(27)23-14-9-15(28-2)12(21)8-16(14)29-3/h6-9,18H,1-5H3,(H,23,27). The lowest BCUT2D eigenvalue weighted by atomic mass is 10.2. The summed E-state index contributed by atoms with van der Waals surface area (Å²) in [7, 11) is 5.73. The van der Waals surface area contributed by atoms with Crippen LogP contribution in [0.15, 0.2) is 34.5 Å². The van der Waals surface area contributed by atoms with E-state index in [2.05, 4.69) is 15.5 Å². The zero-order valence-corrected chi connectivity index (χ0v) is 19.0. The topological polar surface area (TPSA) is 108 Å². The molecule has 0 aliphatic carbocycles. The number of anilines is 1. The third-order valence-corrected chi connectivity index (χ3v) is 4.65. The number of halogens is 2. The minimum Gasteiger partial charge on any atom is -0.495 e. The molecule has 1 atom stereocenters. The van der Waals surface area contributed by atoms with E-state index in [1.807, 2.05) is 0 Å². The SMILES string of the molecule is COc1cc(NC(=O)C(N=Nc2cc(Cl)c(OC)c(OC)c2)C(C)=O)c(OC)cc1Cl. The van der Waals surface area contributed by atoms with Gasteiger partial charge < -0.3 is 24.3 Å². The van der Waals surface area contributed by atoms with Crippen LogP contribution in [0.1, 0.15) is 6.92 Å². The highest BCUT2D eigenvalue weighted by Gasteiger charge is 2.25. The summed E-state index contributed by atoms with van der Waals surface area (Å²) >= 11 is 12.2. The Morgan fingerprint density at radius 1 is 0.871 bits per heavy atom. The number of hydrogen-bond acceptors (Lipinski definition) is 8. The minimum atomic E-state index is -1.42. The quantitative estimate of drug-likeness (QED) is 0.420. The number of carbonyl (C=O) groups excluding carboxylic acids is 2. The van der Waals surface area contributed by atoms with Gasteiger partial charge in [0.1, 0.15) is 11.5 Å². The highest BCUT2D eigenvalue weighted by molar-refractivity contribution is 6.32. The predicted octanol–water partition coefficient (Wildman–Crippen LogP) is 4.71. The van der Waals surface area contributed by atoms with Gasteiger partial charge in [-0.2, -0.15) is 10.2 Å². The summed E-state index contributed by atoms with van der Waals surface area (Å²) in [5.74, 6) is 0.0144. The zero-order valence-electron chi connectivity index (χ0n) is 17.5. The molecule has 0 aromatic heterocycles. The third kappa shape index (κ3) is 5.77. The van der Waals surface area contributed by atoms with Crippen molar-refractivity contribution in [1.82, 2.24) is 0 Å².